The van der Waals surface area contributed by atoms with Crippen molar-refractivity contribution in [1.29, 1.82) is 0 Å². The third kappa shape index (κ3) is 3.46. The summed E-state index contributed by atoms with van der Waals surface area (Å²) >= 11 is 0. The third-order valence-electron chi connectivity index (χ3n) is 3.25. The number of hydrogen-bond donors (Lipinski definition) is 4. The maximum absolute atomic E-state index is 11.9. The number of aromatic nitrogens is 2. The Kier molecular flexibility index (Phi) is 4.91. The Morgan fingerprint density at radius 3 is 2.53 bits per heavy atom. The summed E-state index contributed by atoms with van der Waals surface area (Å²) in [6.07, 6.45) is 3.89. The number of carbonyl (C=O) groups excluding carboxylic acids is 1. The van der Waals surface area contributed by atoms with Gasteiger partial charge in [-0.1, -0.05) is 13.8 Å². The molecular weight excluding hydrogens is 248 g/mol. The Morgan fingerprint density at radius 2 is 2.11 bits per heavy atom. The minimum absolute atomic E-state index is 0.321. The fourth-order valence-corrected chi connectivity index (χ4v) is 1.82. The zero-order valence-electron chi connectivity index (χ0n) is 11.4. The summed E-state index contributed by atoms with van der Waals surface area (Å²) in [6.45, 7) is 5.22. The predicted molar refractivity (Wildman–Crippen MR) is 69.6 cm³/mol. The lowest BCUT2D eigenvalue weighted by molar-refractivity contribution is -0.144. The first-order valence-corrected chi connectivity index (χ1v) is 6.26. The number of H-pyrrole nitrogens is 1. The molecule has 2 amide bonds. The third-order valence-corrected chi connectivity index (χ3v) is 3.25. The Labute approximate surface area is 111 Å². The number of nitrogens with one attached hydrogen (secondary N) is 3. The number of carbonyl (C=O) groups is 2. The van der Waals surface area contributed by atoms with Crippen molar-refractivity contribution < 1.29 is 14.7 Å². The van der Waals surface area contributed by atoms with Crippen LogP contribution in [-0.2, 0) is 4.79 Å². The normalized spacial score (nSPS) is 12.8. The average molecular weight is 268 g/mol. The van der Waals surface area contributed by atoms with E-state index >= 15 is 0 Å². The molecule has 4 N–H and O–H groups in total. The van der Waals surface area contributed by atoms with E-state index in [0.717, 1.165) is 0 Å². The van der Waals surface area contributed by atoms with Gasteiger partial charge in [0.1, 0.15) is 11.4 Å². The molecule has 1 aromatic rings. The minimum atomic E-state index is -1.23. The van der Waals surface area contributed by atoms with Crippen molar-refractivity contribution in [2.75, 3.05) is 0 Å². The maximum atomic E-state index is 11.9. The first-order chi connectivity index (χ1) is 8.95. The van der Waals surface area contributed by atoms with Crippen LogP contribution >= 0.6 is 0 Å². The number of carboxylic acids is 1. The number of carboxylic acid groups (broad SMARTS) is 1. The quantitative estimate of drug-likeness (QED) is 0.625. The van der Waals surface area contributed by atoms with Crippen LogP contribution in [0.15, 0.2) is 12.4 Å². The minimum Gasteiger partial charge on any atom is -0.480 e. The molecule has 0 saturated heterocycles. The van der Waals surface area contributed by atoms with Gasteiger partial charge in [-0.25, -0.2) is 14.6 Å². The fourth-order valence-electron chi connectivity index (χ4n) is 1.82. The highest BCUT2D eigenvalue weighted by Crippen LogP contribution is 2.15. The van der Waals surface area contributed by atoms with Gasteiger partial charge in [-0.2, -0.15) is 0 Å². The lowest BCUT2D eigenvalue weighted by Gasteiger charge is -2.28. The molecule has 0 bridgehead atoms. The zero-order chi connectivity index (χ0) is 14.5. The van der Waals surface area contributed by atoms with Gasteiger partial charge in [0.15, 0.2) is 0 Å². The van der Waals surface area contributed by atoms with Crippen LogP contribution in [0.4, 0.5) is 4.79 Å². The van der Waals surface area contributed by atoms with Crippen LogP contribution in [0.3, 0.4) is 0 Å². The number of urea groups is 1. The summed E-state index contributed by atoms with van der Waals surface area (Å²) in [5.41, 5.74) is -1.23. The molecule has 1 heterocycles. The Balaban J connectivity index is 2.66. The SMILES string of the molecule is CCC(CC)(NC(=O)NC(C)c1ncc[nH]1)C(=O)O. The number of hydrogen-bond acceptors (Lipinski definition) is 3. The highest BCUT2D eigenvalue weighted by atomic mass is 16.4. The summed E-state index contributed by atoms with van der Waals surface area (Å²) in [7, 11) is 0. The summed E-state index contributed by atoms with van der Waals surface area (Å²) < 4.78 is 0. The van der Waals surface area contributed by atoms with Crippen molar-refractivity contribution in [3.8, 4) is 0 Å². The Hall–Kier alpha value is -2.05. The molecule has 0 aliphatic heterocycles. The van der Waals surface area contributed by atoms with Crippen molar-refractivity contribution in [1.82, 2.24) is 20.6 Å². The topological polar surface area (TPSA) is 107 Å². The van der Waals surface area contributed by atoms with Crippen LogP contribution in [0.1, 0.15) is 45.5 Å². The molecule has 0 aliphatic rings. The van der Waals surface area contributed by atoms with Crippen molar-refractivity contribution in [3.05, 3.63) is 18.2 Å². The van der Waals surface area contributed by atoms with Crippen LogP contribution in [-0.4, -0.2) is 32.6 Å². The van der Waals surface area contributed by atoms with E-state index in [2.05, 4.69) is 20.6 Å². The maximum Gasteiger partial charge on any atom is 0.329 e. The summed E-state index contributed by atoms with van der Waals surface area (Å²) in [4.78, 5) is 30.0. The van der Waals surface area contributed by atoms with E-state index in [9.17, 15) is 14.7 Å². The van der Waals surface area contributed by atoms with Crippen molar-refractivity contribution >= 4 is 12.0 Å². The summed E-state index contributed by atoms with van der Waals surface area (Å²) in [6, 6.07) is -0.842. The second kappa shape index (κ2) is 6.21. The van der Waals surface area contributed by atoms with E-state index in [1.807, 2.05) is 0 Å². The van der Waals surface area contributed by atoms with E-state index in [1.165, 1.54) is 0 Å². The van der Waals surface area contributed by atoms with Gasteiger partial charge in [0, 0.05) is 12.4 Å². The van der Waals surface area contributed by atoms with E-state index in [-0.39, 0.29) is 6.04 Å². The first-order valence-electron chi connectivity index (χ1n) is 6.26. The van der Waals surface area contributed by atoms with Crippen LogP contribution in [0.2, 0.25) is 0 Å². The van der Waals surface area contributed by atoms with Gasteiger partial charge in [-0.3, -0.25) is 0 Å². The highest BCUT2D eigenvalue weighted by Gasteiger charge is 2.36. The molecule has 0 saturated carbocycles. The molecule has 1 aromatic heterocycles. The standard InChI is InChI=1S/C12H20N4O3/c1-4-12(5-2,10(17)18)16-11(19)15-8(3)9-13-6-7-14-9/h6-8H,4-5H2,1-3H3,(H,13,14)(H,17,18)(H2,15,16,19). The number of aliphatic carboxylic acids is 1. The van der Waals surface area contributed by atoms with Crippen LogP contribution < -0.4 is 10.6 Å². The van der Waals surface area contributed by atoms with E-state index < -0.39 is 17.5 Å². The van der Waals surface area contributed by atoms with E-state index in [4.69, 9.17) is 0 Å². The van der Waals surface area contributed by atoms with Crippen molar-refractivity contribution in [2.45, 2.75) is 45.2 Å². The van der Waals surface area contributed by atoms with Gasteiger partial charge in [0.2, 0.25) is 0 Å². The second-order valence-corrected chi connectivity index (χ2v) is 4.39. The molecular formula is C12H20N4O3. The number of aromatic amines is 1. The molecule has 0 fully saturated rings. The molecule has 1 unspecified atom stereocenters. The second-order valence-electron chi connectivity index (χ2n) is 4.39. The van der Waals surface area contributed by atoms with Crippen LogP contribution in [0.25, 0.3) is 0 Å². The van der Waals surface area contributed by atoms with Crippen molar-refractivity contribution in [2.24, 2.45) is 0 Å². The Bertz CT molecular complexity index is 426. The van der Waals surface area contributed by atoms with Crippen LogP contribution in [0.5, 0.6) is 0 Å². The lowest BCUT2D eigenvalue weighted by atomic mass is 9.93. The summed E-state index contributed by atoms with van der Waals surface area (Å²) in [5.74, 6) is -0.414. The van der Waals surface area contributed by atoms with Gasteiger partial charge in [-0.15, -0.1) is 0 Å². The predicted octanol–water partition coefficient (Wildman–Crippen LogP) is 1.41. The smallest absolute Gasteiger partial charge is 0.329 e. The van der Waals surface area contributed by atoms with E-state index in [0.29, 0.717) is 18.7 Å². The molecule has 0 radical (unpaired) electrons. The molecule has 7 heteroatoms. The van der Waals surface area contributed by atoms with Gasteiger partial charge in [-0.05, 0) is 19.8 Å². The average Bonchev–Trinajstić information content (AvgIpc) is 2.89. The molecule has 0 aromatic carbocycles. The highest BCUT2D eigenvalue weighted by molar-refractivity contribution is 5.86. The molecule has 1 atom stereocenters. The van der Waals surface area contributed by atoms with Crippen molar-refractivity contribution in [3.63, 3.8) is 0 Å². The largest absolute Gasteiger partial charge is 0.480 e. The zero-order valence-corrected chi connectivity index (χ0v) is 11.4. The molecule has 106 valence electrons. The number of nitrogens with zero attached hydrogens (tertiary/aromatic N) is 1. The lowest BCUT2D eigenvalue weighted by Crippen LogP contribution is -2.56. The molecule has 0 spiro atoms. The Morgan fingerprint density at radius 1 is 1.47 bits per heavy atom. The monoisotopic (exact) mass is 268 g/mol. The number of rotatable bonds is 6. The van der Waals surface area contributed by atoms with E-state index in [1.54, 1.807) is 33.2 Å². The fraction of sp³-hybridized carbons (Fsp3) is 0.583. The van der Waals surface area contributed by atoms with Gasteiger partial charge >= 0.3 is 12.0 Å². The molecule has 7 nitrogen and oxygen atoms in total. The molecule has 19 heavy (non-hydrogen) atoms. The first kappa shape index (κ1) is 15.0. The summed E-state index contributed by atoms with van der Waals surface area (Å²) in [5, 5.41) is 14.4. The molecule has 1 rings (SSSR count). The number of amides is 2. The molecule has 0 aliphatic carbocycles. The van der Waals surface area contributed by atoms with Gasteiger partial charge < -0.3 is 20.7 Å². The van der Waals surface area contributed by atoms with Crippen LogP contribution in [0, 0.1) is 0 Å². The van der Waals surface area contributed by atoms with Gasteiger partial charge in [0.25, 0.3) is 0 Å². The number of imidazole rings is 1. The van der Waals surface area contributed by atoms with Gasteiger partial charge in [0.05, 0.1) is 6.04 Å².